The van der Waals surface area contributed by atoms with Gasteiger partial charge in [0.1, 0.15) is 30.1 Å². The highest BCUT2D eigenvalue weighted by Crippen LogP contribution is 2.28. The van der Waals surface area contributed by atoms with Gasteiger partial charge in [0.05, 0.1) is 5.69 Å². The summed E-state index contributed by atoms with van der Waals surface area (Å²) in [4.78, 5) is 56.2. The van der Waals surface area contributed by atoms with Crippen molar-refractivity contribution >= 4 is 29.7 Å². The summed E-state index contributed by atoms with van der Waals surface area (Å²) in [5.74, 6) is -1.62. The summed E-state index contributed by atoms with van der Waals surface area (Å²) in [6.07, 6.45) is 3.00. The third-order valence-electron chi connectivity index (χ3n) is 8.43. The summed E-state index contributed by atoms with van der Waals surface area (Å²) in [5.41, 5.74) is 0.453. The Morgan fingerprint density at radius 2 is 1.57 bits per heavy atom. The molecule has 2 aliphatic rings. The van der Waals surface area contributed by atoms with Gasteiger partial charge in [-0.15, -0.1) is 0 Å². The maximum absolute atomic E-state index is 15.5. The molecule has 12 heteroatoms. The number of hydrogen-bond donors (Lipinski definition) is 3. The fourth-order valence-corrected chi connectivity index (χ4v) is 5.89. The van der Waals surface area contributed by atoms with Crippen LogP contribution in [0.4, 0.5) is 19.7 Å². The molecule has 0 spiro atoms. The molecule has 1 heterocycles. The highest BCUT2D eigenvalue weighted by atomic mass is 19.1. The van der Waals surface area contributed by atoms with Gasteiger partial charge in [-0.25, -0.2) is 14.0 Å². The van der Waals surface area contributed by atoms with Gasteiger partial charge in [-0.3, -0.25) is 9.59 Å². The lowest BCUT2D eigenvalue weighted by Gasteiger charge is -2.35. The predicted molar refractivity (Wildman–Crippen MR) is 176 cm³/mol. The molecule has 11 nitrogen and oxygen atoms in total. The molecule has 256 valence electrons. The zero-order chi connectivity index (χ0) is 34.0. The van der Waals surface area contributed by atoms with Gasteiger partial charge in [-0.2, -0.15) is 0 Å². The molecule has 1 aliphatic carbocycles. The molecule has 2 unspecified atom stereocenters. The second-order valence-electron chi connectivity index (χ2n) is 13.4. The van der Waals surface area contributed by atoms with E-state index in [2.05, 4.69) is 20.9 Å². The van der Waals surface area contributed by atoms with E-state index in [-0.39, 0.29) is 30.5 Å². The molecule has 3 N–H and O–H groups in total. The van der Waals surface area contributed by atoms with E-state index in [1.807, 2.05) is 37.4 Å². The molecule has 2 aromatic rings. The maximum Gasteiger partial charge on any atom is 0.408 e. The van der Waals surface area contributed by atoms with Gasteiger partial charge in [-0.05, 0) is 69.8 Å². The first-order valence-electron chi connectivity index (χ1n) is 16.4. The highest BCUT2D eigenvalue weighted by molar-refractivity contribution is 5.97. The normalized spacial score (nSPS) is 17.3. The number of halogens is 1. The zero-order valence-corrected chi connectivity index (χ0v) is 27.9. The number of nitrogens with zero attached hydrogens (tertiary/aromatic N) is 2. The van der Waals surface area contributed by atoms with Crippen molar-refractivity contribution in [2.24, 2.45) is 5.92 Å². The van der Waals surface area contributed by atoms with Crippen LogP contribution < -0.4 is 16.0 Å². The SMILES string of the molecule is CN1CCN(C(=O)C(Cc2ccc(NC(=O)C(NC(=O)OCc3ccccc3)C3CCCCC3)c(F)c2)NC(=O)OC(C)(C)C)CC1. The van der Waals surface area contributed by atoms with Crippen LogP contribution >= 0.6 is 0 Å². The van der Waals surface area contributed by atoms with E-state index in [0.717, 1.165) is 37.7 Å². The van der Waals surface area contributed by atoms with Crippen molar-refractivity contribution in [2.75, 3.05) is 38.5 Å². The van der Waals surface area contributed by atoms with Crippen LogP contribution in [0.3, 0.4) is 0 Å². The largest absolute Gasteiger partial charge is 0.445 e. The van der Waals surface area contributed by atoms with Gasteiger partial charge in [0.25, 0.3) is 0 Å². The van der Waals surface area contributed by atoms with E-state index in [4.69, 9.17) is 9.47 Å². The molecule has 2 atom stereocenters. The van der Waals surface area contributed by atoms with Crippen molar-refractivity contribution in [3.05, 3.63) is 65.5 Å². The fraction of sp³-hybridized carbons (Fsp3) is 0.543. The lowest BCUT2D eigenvalue weighted by molar-refractivity contribution is -0.135. The molecule has 1 aliphatic heterocycles. The summed E-state index contributed by atoms with van der Waals surface area (Å²) in [7, 11) is 1.98. The number of carbonyl (C=O) groups is 4. The summed E-state index contributed by atoms with van der Waals surface area (Å²) in [5, 5.41) is 8.05. The van der Waals surface area contributed by atoms with Crippen LogP contribution in [0.25, 0.3) is 0 Å². The van der Waals surface area contributed by atoms with Crippen molar-refractivity contribution in [3.8, 4) is 0 Å². The van der Waals surface area contributed by atoms with Gasteiger partial charge in [-0.1, -0.05) is 55.7 Å². The number of rotatable bonds is 10. The number of hydrogen-bond acceptors (Lipinski definition) is 7. The summed E-state index contributed by atoms with van der Waals surface area (Å²) in [6.45, 7) is 7.68. The molecule has 2 aromatic carbocycles. The van der Waals surface area contributed by atoms with Crippen LogP contribution in [0, 0.1) is 11.7 Å². The van der Waals surface area contributed by atoms with Crippen molar-refractivity contribution in [1.29, 1.82) is 0 Å². The molecule has 47 heavy (non-hydrogen) atoms. The zero-order valence-electron chi connectivity index (χ0n) is 27.9. The fourth-order valence-electron chi connectivity index (χ4n) is 5.89. The quantitative estimate of drug-likeness (QED) is 0.335. The van der Waals surface area contributed by atoms with E-state index < -0.39 is 41.6 Å². The molecular formula is C35H48FN5O6. The first-order chi connectivity index (χ1) is 22.4. The molecule has 0 bridgehead atoms. The van der Waals surface area contributed by atoms with E-state index >= 15 is 4.39 Å². The second kappa shape index (κ2) is 16.6. The molecular weight excluding hydrogens is 605 g/mol. The molecule has 1 saturated carbocycles. The Morgan fingerprint density at radius 3 is 2.21 bits per heavy atom. The van der Waals surface area contributed by atoms with Gasteiger partial charge in [0, 0.05) is 32.6 Å². The van der Waals surface area contributed by atoms with Crippen molar-refractivity contribution < 1.29 is 33.0 Å². The van der Waals surface area contributed by atoms with Crippen LogP contribution in [0.5, 0.6) is 0 Å². The van der Waals surface area contributed by atoms with E-state index in [0.29, 0.717) is 31.7 Å². The van der Waals surface area contributed by atoms with E-state index in [9.17, 15) is 19.2 Å². The molecule has 0 aromatic heterocycles. The Labute approximate surface area is 276 Å². The van der Waals surface area contributed by atoms with Crippen LogP contribution in [-0.2, 0) is 32.1 Å². The summed E-state index contributed by atoms with van der Waals surface area (Å²) < 4.78 is 26.2. The second-order valence-corrected chi connectivity index (χ2v) is 13.4. The Morgan fingerprint density at radius 1 is 0.894 bits per heavy atom. The predicted octanol–water partition coefficient (Wildman–Crippen LogP) is 4.85. The topological polar surface area (TPSA) is 129 Å². The molecule has 0 radical (unpaired) electrons. The number of piperazine rings is 1. The van der Waals surface area contributed by atoms with Crippen LogP contribution in [0.1, 0.15) is 64.0 Å². The number of benzene rings is 2. The van der Waals surface area contributed by atoms with Crippen molar-refractivity contribution in [3.63, 3.8) is 0 Å². The third kappa shape index (κ3) is 11.2. The van der Waals surface area contributed by atoms with Crippen LogP contribution in [0.15, 0.2) is 48.5 Å². The van der Waals surface area contributed by atoms with Gasteiger partial charge in [0.15, 0.2) is 0 Å². The number of alkyl carbamates (subject to hydrolysis) is 2. The first-order valence-corrected chi connectivity index (χ1v) is 16.4. The maximum atomic E-state index is 15.5. The average Bonchev–Trinajstić information content (AvgIpc) is 3.03. The third-order valence-corrected chi connectivity index (χ3v) is 8.43. The van der Waals surface area contributed by atoms with E-state index in [1.54, 1.807) is 31.7 Å². The number of amides is 4. The molecule has 4 amide bonds. The smallest absolute Gasteiger partial charge is 0.408 e. The average molecular weight is 654 g/mol. The Bertz CT molecular complexity index is 1370. The minimum absolute atomic E-state index is 0.0229. The van der Waals surface area contributed by atoms with Gasteiger partial charge >= 0.3 is 12.2 Å². The standard InChI is InChI=1S/C35H48FN5O6/c1-35(2,3)47-34(45)38-29(32(43)41-19-17-40(4)18-20-41)22-25-15-16-28(27(36)21-25)37-31(42)30(26-13-9-6-10-14-26)39-33(44)46-23-24-11-7-5-8-12-24/h5,7-8,11-12,15-16,21,26,29-30H,6,9-10,13-14,17-20,22-23H2,1-4H3,(H,37,42)(H,38,45)(H,39,44). The minimum Gasteiger partial charge on any atom is -0.445 e. The lowest BCUT2D eigenvalue weighted by Crippen LogP contribution is -2.55. The highest BCUT2D eigenvalue weighted by Gasteiger charge is 2.33. The Balaban J connectivity index is 1.44. The molecule has 1 saturated heterocycles. The van der Waals surface area contributed by atoms with Crippen LogP contribution in [0.2, 0.25) is 0 Å². The number of anilines is 1. The van der Waals surface area contributed by atoms with Gasteiger partial charge in [0.2, 0.25) is 11.8 Å². The monoisotopic (exact) mass is 653 g/mol. The number of ether oxygens (including phenoxy) is 2. The number of carbonyl (C=O) groups excluding carboxylic acids is 4. The number of nitrogens with one attached hydrogen (secondary N) is 3. The molecule has 4 rings (SSSR count). The first kappa shape index (κ1) is 35.7. The minimum atomic E-state index is -0.977. The summed E-state index contributed by atoms with van der Waals surface area (Å²) >= 11 is 0. The Hall–Kier alpha value is -4.19. The summed E-state index contributed by atoms with van der Waals surface area (Å²) in [6, 6.07) is 11.6. The van der Waals surface area contributed by atoms with E-state index in [1.165, 1.54) is 12.1 Å². The lowest BCUT2D eigenvalue weighted by atomic mass is 9.83. The molecule has 2 fully saturated rings. The van der Waals surface area contributed by atoms with Crippen molar-refractivity contribution in [2.45, 2.75) is 83.6 Å². The van der Waals surface area contributed by atoms with Gasteiger partial charge < -0.3 is 35.2 Å². The van der Waals surface area contributed by atoms with Crippen molar-refractivity contribution in [1.82, 2.24) is 20.4 Å². The number of likely N-dealkylation sites (N-methyl/N-ethyl adjacent to an activating group) is 1. The Kier molecular flexibility index (Phi) is 12.6. The van der Waals surface area contributed by atoms with Crippen LogP contribution in [-0.4, -0.2) is 84.7 Å².